The van der Waals surface area contributed by atoms with Crippen LogP contribution >= 0.6 is 0 Å². The molecule has 0 radical (unpaired) electrons. The summed E-state index contributed by atoms with van der Waals surface area (Å²) < 4.78 is 4.70. The van der Waals surface area contributed by atoms with Crippen LogP contribution in [0.5, 0.6) is 0 Å². The maximum Gasteiger partial charge on any atom is 0.307 e. The Kier molecular flexibility index (Phi) is 4.54. The first kappa shape index (κ1) is 15.0. The van der Waals surface area contributed by atoms with Crippen molar-refractivity contribution in [2.45, 2.75) is 6.42 Å². The van der Waals surface area contributed by atoms with Crippen LogP contribution in [0, 0.1) is 11.8 Å². The zero-order valence-electron chi connectivity index (χ0n) is 11.5. The maximum atomic E-state index is 11.8. The van der Waals surface area contributed by atoms with Gasteiger partial charge in [-0.05, 0) is 30.7 Å². The average molecular weight is 292 g/mol. The maximum absolute atomic E-state index is 11.8. The van der Waals surface area contributed by atoms with Gasteiger partial charge in [0, 0.05) is 18.5 Å². The smallest absolute Gasteiger partial charge is 0.307 e. The number of hydrogen-bond acceptors (Lipinski definition) is 4. The van der Waals surface area contributed by atoms with Crippen LogP contribution in [0.3, 0.4) is 0 Å². The molecule has 112 valence electrons. The monoisotopic (exact) mass is 292 g/mol. The molecule has 1 aromatic carbocycles. The van der Waals surface area contributed by atoms with E-state index in [9.17, 15) is 14.4 Å². The van der Waals surface area contributed by atoms with Crippen molar-refractivity contribution in [1.82, 2.24) is 0 Å². The number of ether oxygens (including phenoxy) is 1. The Labute approximate surface area is 121 Å². The number of benzene rings is 1. The summed E-state index contributed by atoms with van der Waals surface area (Å²) in [7, 11) is 1.43. The number of aliphatic carboxylic acids is 1. The van der Waals surface area contributed by atoms with Crippen molar-refractivity contribution in [2.75, 3.05) is 24.4 Å². The van der Waals surface area contributed by atoms with Crippen molar-refractivity contribution >= 4 is 29.2 Å². The van der Waals surface area contributed by atoms with Crippen LogP contribution < -0.4 is 10.6 Å². The zero-order valence-corrected chi connectivity index (χ0v) is 11.5. The molecule has 7 nitrogen and oxygen atoms in total. The highest BCUT2D eigenvalue weighted by molar-refractivity contribution is 5.98. The number of amides is 2. The van der Waals surface area contributed by atoms with E-state index in [1.54, 1.807) is 24.3 Å². The summed E-state index contributed by atoms with van der Waals surface area (Å²) in [6.07, 6.45) is 0.381. The molecule has 0 bridgehead atoms. The Morgan fingerprint density at radius 3 is 2.19 bits per heavy atom. The second-order valence-corrected chi connectivity index (χ2v) is 4.83. The molecule has 0 aromatic heterocycles. The fourth-order valence-electron chi connectivity index (χ4n) is 1.96. The summed E-state index contributed by atoms with van der Waals surface area (Å²) in [5, 5.41) is 14.1. The van der Waals surface area contributed by atoms with Gasteiger partial charge >= 0.3 is 5.97 Å². The lowest BCUT2D eigenvalue weighted by Crippen LogP contribution is -2.18. The highest BCUT2D eigenvalue weighted by Gasteiger charge is 2.48. The number of carboxylic acids is 1. The Hall–Kier alpha value is -2.41. The van der Waals surface area contributed by atoms with E-state index < -0.39 is 17.8 Å². The molecule has 0 aliphatic heterocycles. The van der Waals surface area contributed by atoms with Crippen LogP contribution in [0.1, 0.15) is 6.42 Å². The topological polar surface area (TPSA) is 105 Å². The van der Waals surface area contributed by atoms with Gasteiger partial charge in [-0.15, -0.1) is 0 Å². The Balaban J connectivity index is 1.87. The van der Waals surface area contributed by atoms with E-state index in [-0.39, 0.29) is 18.4 Å². The molecule has 1 fully saturated rings. The number of anilines is 2. The van der Waals surface area contributed by atoms with E-state index >= 15 is 0 Å². The summed E-state index contributed by atoms with van der Waals surface area (Å²) in [5.41, 5.74) is 1.14. The number of hydrogen-bond donors (Lipinski definition) is 3. The van der Waals surface area contributed by atoms with Crippen LogP contribution in [-0.4, -0.2) is 36.6 Å². The third-order valence-corrected chi connectivity index (χ3v) is 3.16. The molecule has 3 N–H and O–H groups in total. The van der Waals surface area contributed by atoms with Gasteiger partial charge in [-0.3, -0.25) is 14.4 Å². The van der Waals surface area contributed by atoms with E-state index in [4.69, 9.17) is 9.84 Å². The van der Waals surface area contributed by atoms with Gasteiger partial charge in [0.15, 0.2) is 0 Å². The second-order valence-electron chi connectivity index (χ2n) is 4.83. The lowest BCUT2D eigenvalue weighted by atomic mass is 10.2. The minimum atomic E-state index is -0.939. The second kappa shape index (κ2) is 6.36. The predicted molar refractivity (Wildman–Crippen MR) is 74.8 cm³/mol. The van der Waals surface area contributed by atoms with Crippen molar-refractivity contribution in [3.05, 3.63) is 24.3 Å². The Morgan fingerprint density at radius 2 is 1.71 bits per heavy atom. The van der Waals surface area contributed by atoms with E-state index in [0.717, 1.165) is 0 Å². The first-order valence-electron chi connectivity index (χ1n) is 6.44. The summed E-state index contributed by atoms with van der Waals surface area (Å²) >= 11 is 0. The standard InChI is InChI=1S/C14H16N2O5/c1-21-7-12(17)15-8-2-4-9(5-3-8)16-13(18)10-6-11(10)14(19)20/h2-5,10-11H,6-7H2,1H3,(H,15,17)(H,16,18)(H,19,20)/t10-,11+/m1/s1. The van der Waals surface area contributed by atoms with Gasteiger partial charge < -0.3 is 20.5 Å². The Bertz CT molecular complexity index is 555. The van der Waals surface area contributed by atoms with Gasteiger partial charge in [0.2, 0.25) is 11.8 Å². The molecule has 2 amide bonds. The first-order chi connectivity index (χ1) is 10.0. The SMILES string of the molecule is COCC(=O)Nc1ccc(NC(=O)[C@@H]2C[C@@H]2C(=O)O)cc1. The molecular formula is C14H16N2O5. The van der Waals surface area contributed by atoms with Crippen LogP contribution in [0.25, 0.3) is 0 Å². The molecule has 1 saturated carbocycles. The molecule has 2 rings (SSSR count). The molecule has 0 spiro atoms. The summed E-state index contributed by atoms with van der Waals surface area (Å²) in [6.45, 7) is -0.0310. The Morgan fingerprint density at radius 1 is 1.14 bits per heavy atom. The van der Waals surface area contributed by atoms with Crippen LogP contribution in [0.2, 0.25) is 0 Å². The van der Waals surface area contributed by atoms with Gasteiger partial charge in [-0.1, -0.05) is 0 Å². The van der Waals surface area contributed by atoms with Crippen LogP contribution in [-0.2, 0) is 19.1 Å². The molecule has 0 heterocycles. The minimum Gasteiger partial charge on any atom is -0.481 e. The molecule has 1 aromatic rings. The summed E-state index contributed by atoms with van der Waals surface area (Å²) in [5.74, 6) is -2.53. The van der Waals surface area contributed by atoms with Gasteiger partial charge in [0.25, 0.3) is 0 Å². The molecule has 2 atom stereocenters. The fourth-order valence-corrected chi connectivity index (χ4v) is 1.96. The highest BCUT2D eigenvalue weighted by Crippen LogP contribution is 2.39. The number of rotatable bonds is 6. The molecule has 0 saturated heterocycles. The number of carbonyl (C=O) groups is 3. The van der Waals surface area contributed by atoms with E-state index in [0.29, 0.717) is 17.8 Å². The fraction of sp³-hybridized carbons (Fsp3) is 0.357. The van der Waals surface area contributed by atoms with Crippen LogP contribution in [0.4, 0.5) is 11.4 Å². The predicted octanol–water partition coefficient (Wildman–Crippen LogP) is 0.931. The number of carbonyl (C=O) groups excluding carboxylic acids is 2. The van der Waals surface area contributed by atoms with E-state index in [1.165, 1.54) is 7.11 Å². The number of methoxy groups -OCH3 is 1. The largest absolute Gasteiger partial charge is 0.481 e. The van der Waals surface area contributed by atoms with Gasteiger partial charge in [0.1, 0.15) is 6.61 Å². The highest BCUT2D eigenvalue weighted by atomic mass is 16.5. The average Bonchev–Trinajstić information content (AvgIpc) is 3.21. The zero-order chi connectivity index (χ0) is 15.4. The number of nitrogens with one attached hydrogen (secondary N) is 2. The molecule has 7 heteroatoms. The first-order valence-corrected chi connectivity index (χ1v) is 6.44. The van der Waals surface area contributed by atoms with E-state index in [1.807, 2.05) is 0 Å². The summed E-state index contributed by atoms with van der Waals surface area (Å²) in [6, 6.07) is 6.56. The third kappa shape index (κ3) is 4.03. The van der Waals surface area contributed by atoms with Crippen LogP contribution in [0.15, 0.2) is 24.3 Å². The van der Waals surface area contributed by atoms with Gasteiger partial charge in [-0.2, -0.15) is 0 Å². The molecule has 1 aliphatic rings. The number of carboxylic acid groups (broad SMARTS) is 1. The quantitative estimate of drug-likeness (QED) is 0.723. The molecular weight excluding hydrogens is 276 g/mol. The normalized spacial score (nSPS) is 19.7. The van der Waals surface area contributed by atoms with Crippen molar-refractivity contribution < 1.29 is 24.2 Å². The van der Waals surface area contributed by atoms with Crippen molar-refractivity contribution in [2.24, 2.45) is 11.8 Å². The van der Waals surface area contributed by atoms with E-state index in [2.05, 4.69) is 10.6 Å². The molecule has 1 aliphatic carbocycles. The van der Waals surface area contributed by atoms with Crippen molar-refractivity contribution in [3.8, 4) is 0 Å². The van der Waals surface area contributed by atoms with Gasteiger partial charge in [0.05, 0.1) is 11.8 Å². The molecule has 0 unspecified atom stereocenters. The molecule has 21 heavy (non-hydrogen) atoms. The summed E-state index contributed by atoms with van der Waals surface area (Å²) in [4.78, 5) is 33.8. The lowest BCUT2D eigenvalue weighted by Gasteiger charge is -2.07. The lowest BCUT2D eigenvalue weighted by molar-refractivity contribution is -0.139. The van der Waals surface area contributed by atoms with Crippen molar-refractivity contribution in [3.63, 3.8) is 0 Å². The van der Waals surface area contributed by atoms with Crippen molar-refractivity contribution in [1.29, 1.82) is 0 Å². The van der Waals surface area contributed by atoms with Gasteiger partial charge in [-0.25, -0.2) is 0 Å². The third-order valence-electron chi connectivity index (χ3n) is 3.16. The minimum absolute atomic E-state index is 0.0310.